The minimum Gasteiger partial charge on any atom is -0.351 e. The first-order valence-corrected chi connectivity index (χ1v) is 8.22. The number of nitrogens with one attached hydrogen (secondary N) is 2. The minimum atomic E-state index is -0.843. The molecule has 3 rings (SSSR count). The zero-order valence-corrected chi connectivity index (χ0v) is 14.5. The zero-order chi connectivity index (χ0) is 16.4. The fourth-order valence-electron chi connectivity index (χ4n) is 3.67. The van der Waals surface area contributed by atoms with Crippen LogP contribution in [0.15, 0.2) is 18.2 Å². The summed E-state index contributed by atoms with van der Waals surface area (Å²) in [6, 6.07) is 3.82. The Morgan fingerprint density at radius 1 is 1.21 bits per heavy atom. The normalized spacial score (nSPS) is 25.3. The highest BCUT2D eigenvalue weighted by Crippen LogP contribution is 2.32. The van der Waals surface area contributed by atoms with E-state index in [4.69, 9.17) is 0 Å². The van der Waals surface area contributed by atoms with Gasteiger partial charge in [-0.05, 0) is 57.1 Å². The number of carbonyl (C=O) groups is 1. The number of halogens is 3. The molecular weight excluding hydrogens is 336 g/mol. The number of likely N-dealkylation sites (N-methyl/N-ethyl adjacent to an activating group) is 1. The van der Waals surface area contributed by atoms with Crippen LogP contribution in [0.5, 0.6) is 0 Å². The van der Waals surface area contributed by atoms with E-state index < -0.39 is 11.6 Å². The predicted octanol–water partition coefficient (Wildman–Crippen LogP) is 2.25. The van der Waals surface area contributed by atoms with E-state index in [2.05, 4.69) is 15.5 Å². The average Bonchev–Trinajstić information content (AvgIpc) is 2.91. The second-order valence-corrected chi connectivity index (χ2v) is 6.53. The Hall–Kier alpha value is -1.24. The Morgan fingerprint density at radius 2 is 1.92 bits per heavy atom. The van der Waals surface area contributed by atoms with E-state index >= 15 is 0 Å². The van der Waals surface area contributed by atoms with E-state index in [-0.39, 0.29) is 36.3 Å². The van der Waals surface area contributed by atoms with Gasteiger partial charge >= 0.3 is 0 Å². The standard InChI is InChI=1S/C17H23F2N3O.ClH/c1-22-9-6-15(21-17(23)11-4-7-20-8-5-11)16(22)12-2-3-13(18)14(19)10-12;/h2-3,10-11,15-16,20H,4-9H2,1H3,(H,21,23);1H. The van der Waals surface area contributed by atoms with Crippen LogP contribution in [-0.4, -0.2) is 43.5 Å². The molecule has 2 fully saturated rings. The van der Waals surface area contributed by atoms with Crippen molar-refractivity contribution >= 4 is 18.3 Å². The lowest BCUT2D eigenvalue weighted by Crippen LogP contribution is -2.44. The lowest BCUT2D eigenvalue weighted by atomic mass is 9.95. The Balaban J connectivity index is 0.00000208. The molecule has 2 heterocycles. The van der Waals surface area contributed by atoms with E-state index in [0.717, 1.165) is 45.0 Å². The van der Waals surface area contributed by atoms with Gasteiger partial charge in [-0.2, -0.15) is 0 Å². The number of nitrogens with zero attached hydrogens (tertiary/aromatic N) is 1. The molecule has 0 radical (unpaired) electrons. The van der Waals surface area contributed by atoms with Gasteiger partial charge in [-0.25, -0.2) is 8.78 Å². The van der Waals surface area contributed by atoms with Crippen LogP contribution in [0, 0.1) is 17.6 Å². The Bertz CT molecular complexity index is 581. The summed E-state index contributed by atoms with van der Waals surface area (Å²) < 4.78 is 26.7. The highest BCUT2D eigenvalue weighted by atomic mass is 35.5. The lowest BCUT2D eigenvalue weighted by molar-refractivity contribution is -0.126. The molecule has 7 heteroatoms. The van der Waals surface area contributed by atoms with Gasteiger partial charge in [0.1, 0.15) is 0 Å². The van der Waals surface area contributed by atoms with Crippen molar-refractivity contribution in [1.29, 1.82) is 0 Å². The van der Waals surface area contributed by atoms with E-state index in [1.165, 1.54) is 6.07 Å². The monoisotopic (exact) mass is 359 g/mol. The third kappa shape index (κ3) is 4.05. The Labute approximate surface area is 147 Å². The average molecular weight is 360 g/mol. The summed E-state index contributed by atoms with van der Waals surface area (Å²) in [6.07, 6.45) is 2.52. The Morgan fingerprint density at radius 3 is 2.58 bits per heavy atom. The maximum atomic E-state index is 13.6. The van der Waals surface area contributed by atoms with Gasteiger partial charge in [-0.1, -0.05) is 6.07 Å². The second-order valence-electron chi connectivity index (χ2n) is 6.53. The van der Waals surface area contributed by atoms with E-state index in [1.807, 2.05) is 7.05 Å². The van der Waals surface area contributed by atoms with E-state index in [1.54, 1.807) is 6.07 Å². The summed E-state index contributed by atoms with van der Waals surface area (Å²) in [5.41, 5.74) is 0.708. The van der Waals surface area contributed by atoms with Crippen molar-refractivity contribution in [2.24, 2.45) is 5.92 Å². The summed E-state index contributed by atoms with van der Waals surface area (Å²) in [5.74, 6) is -1.55. The molecule has 0 saturated carbocycles. The first-order chi connectivity index (χ1) is 11.1. The molecule has 2 unspecified atom stereocenters. The number of hydrogen-bond donors (Lipinski definition) is 2. The smallest absolute Gasteiger partial charge is 0.223 e. The van der Waals surface area contributed by atoms with Crippen LogP contribution < -0.4 is 10.6 Å². The molecule has 2 aliphatic heterocycles. The van der Waals surface area contributed by atoms with Gasteiger partial charge < -0.3 is 10.6 Å². The summed E-state index contributed by atoms with van der Waals surface area (Å²) in [7, 11) is 1.95. The molecule has 1 aromatic rings. The fraction of sp³-hybridized carbons (Fsp3) is 0.588. The van der Waals surface area contributed by atoms with Crippen molar-refractivity contribution in [3.63, 3.8) is 0 Å². The van der Waals surface area contributed by atoms with Crippen molar-refractivity contribution in [2.75, 3.05) is 26.7 Å². The molecule has 134 valence electrons. The number of benzene rings is 1. The highest BCUT2D eigenvalue weighted by molar-refractivity contribution is 5.85. The second kappa shape index (κ2) is 8.23. The Kier molecular flexibility index (Phi) is 6.54. The number of piperidine rings is 1. The number of carbonyl (C=O) groups excluding carboxylic acids is 1. The van der Waals surface area contributed by atoms with Gasteiger partial charge in [0.25, 0.3) is 0 Å². The largest absolute Gasteiger partial charge is 0.351 e. The zero-order valence-electron chi connectivity index (χ0n) is 13.7. The molecule has 2 saturated heterocycles. The van der Waals surface area contributed by atoms with Gasteiger partial charge in [0.05, 0.1) is 6.04 Å². The maximum absolute atomic E-state index is 13.6. The first-order valence-electron chi connectivity index (χ1n) is 8.22. The predicted molar refractivity (Wildman–Crippen MR) is 91.1 cm³/mol. The molecule has 4 nitrogen and oxygen atoms in total. The first kappa shape index (κ1) is 19.1. The van der Waals surface area contributed by atoms with E-state index in [9.17, 15) is 13.6 Å². The molecule has 1 amide bonds. The van der Waals surface area contributed by atoms with Crippen molar-refractivity contribution in [3.8, 4) is 0 Å². The molecule has 0 bridgehead atoms. The molecule has 24 heavy (non-hydrogen) atoms. The summed E-state index contributed by atoms with van der Waals surface area (Å²) in [6.45, 7) is 2.56. The molecule has 2 atom stereocenters. The quantitative estimate of drug-likeness (QED) is 0.870. The molecule has 0 spiro atoms. The molecule has 0 aliphatic carbocycles. The van der Waals surface area contributed by atoms with Crippen LogP contribution in [-0.2, 0) is 4.79 Å². The molecule has 0 aromatic heterocycles. The fourth-order valence-corrected chi connectivity index (χ4v) is 3.67. The van der Waals surface area contributed by atoms with E-state index in [0.29, 0.717) is 5.56 Å². The number of amides is 1. The molecular formula is C17H24ClF2N3O. The van der Waals surface area contributed by atoms with Crippen LogP contribution in [0.2, 0.25) is 0 Å². The number of hydrogen-bond acceptors (Lipinski definition) is 3. The SMILES string of the molecule is CN1CCC(NC(=O)C2CCNCC2)C1c1ccc(F)c(F)c1.Cl. The van der Waals surface area contributed by atoms with Gasteiger partial charge in [0, 0.05) is 18.5 Å². The van der Waals surface area contributed by atoms with Crippen LogP contribution in [0.25, 0.3) is 0 Å². The highest BCUT2D eigenvalue weighted by Gasteiger charge is 2.35. The number of likely N-dealkylation sites (tertiary alicyclic amines) is 1. The lowest BCUT2D eigenvalue weighted by Gasteiger charge is -2.29. The van der Waals surface area contributed by atoms with Crippen LogP contribution in [0.1, 0.15) is 30.9 Å². The minimum absolute atomic E-state index is 0. The third-order valence-electron chi connectivity index (χ3n) is 4.97. The van der Waals surface area contributed by atoms with Crippen LogP contribution in [0.3, 0.4) is 0 Å². The van der Waals surface area contributed by atoms with Gasteiger partial charge in [-0.15, -0.1) is 12.4 Å². The topological polar surface area (TPSA) is 44.4 Å². The summed E-state index contributed by atoms with van der Waals surface area (Å²) >= 11 is 0. The van der Waals surface area contributed by atoms with Crippen LogP contribution >= 0.6 is 12.4 Å². The number of rotatable bonds is 3. The summed E-state index contributed by atoms with van der Waals surface area (Å²) in [4.78, 5) is 14.6. The van der Waals surface area contributed by atoms with Crippen molar-refractivity contribution in [3.05, 3.63) is 35.4 Å². The van der Waals surface area contributed by atoms with Gasteiger partial charge in [0.2, 0.25) is 5.91 Å². The van der Waals surface area contributed by atoms with Crippen molar-refractivity contribution in [2.45, 2.75) is 31.3 Å². The summed E-state index contributed by atoms with van der Waals surface area (Å²) in [5, 5.41) is 6.39. The third-order valence-corrected chi connectivity index (χ3v) is 4.97. The van der Waals surface area contributed by atoms with Crippen molar-refractivity contribution in [1.82, 2.24) is 15.5 Å². The van der Waals surface area contributed by atoms with Crippen molar-refractivity contribution < 1.29 is 13.6 Å². The van der Waals surface area contributed by atoms with Gasteiger partial charge in [-0.3, -0.25) is 9.69 Å². The molecule has 2 N–H and O–H groups in total. The molecule has 2 aliphatic rings. The maximum Gasteiger partial charge on any atom is 0.223 e. The van der Waals surface area contributed by atoms with Gasteiger partial charge in [0.15, 0.2) is 11.6 Å². The molecule has 1 aromatic carbocycles. The van der Waals surface area contributed by atoms with Crippen LogP contribution in [0.4, 0.5) is 8.78 Å².